The van der Waals surface area contributed by atoms with Gasteiger partial charge in [0.1, 0.15) is 40.8 Å². The molecule has 4 rings (SSSR count). The van der Waals surface area contributed by atoms with Gasteiger partial charge in [0, 0.05) is 17.7 Å². The van der Waals surface area contributed by atoms with Gasteiger partial charge in [-0.3, -0.25) is 4.79 Å². The normalized spacial score (nSPS) is 24.3. The van der Waals surface area contributed by atoms with E-state index in [1.165, 1.54) is 25.3 Å². The molecule has 1 aliphatic heterocycles. The number of hydrogen-bond donors (Lipinski definition) is 7. The van der Waals surface area contributed by atoms with Gasteiger partial charge < -0.3 is 54.4 Å². The van der Waals surface area contributed by atoms with Crippen molar-refractivity contribution in [1.29, 1.82) is 0 Å². The Morgan fingerprint density at radius 1 is 0.971 bits per heavy atom. The van der Waals surface area contributed by atoms with Crippen LogP contribution in [0.5, 0.6) is 28.7 Å². The van der Waals surface area contributed by atoms with Crippen LogP contribution in [-0.2, 0) is 9.53 Å². The Morgan fingerprint density at radius 2 is 1.69 bits per heavy atom. The fourth-order valence-corrected chi connectivity index (χ4v) is 3.64. The molecule has 0 unspecified atom stereocenters. The minimum atomic E-state index is -1.97. The summed E-state index contributed by atoms with van der Waals surface area (Å²) in [6.45, 7) is 0. The topological polar surface area (TPSA) is 217 Å². The van der Waals surface area contributed by atoms with Gasteiger partial charge in [-0.2, -0.15) is 0 Å². The molecule has 35 heavy (non-hydrogen) atoms. The zero-order valence-corrected chi connectivity index (χ0v) is 17.9. The van der Waals surface area contributed by atoms with E-state index in [2.05, 4.69) is 0 Å². The highest BCUT2D eigenvalue weighted by Gasteiger charge is 2.48. The van der Waals surface area contributed by atoms with Crippen LogP contribution >= 0.6 is 0 Å². The van der Waals surface area contributed by atoms with E-state index in [0.29, 0.717) is 0 Å². The molecule has 0 amide bonds. The fraction of sp³-hybridized carbons (Fsp3) is 0.273. The van der Waals surface area contributed by atoms with Crippen molar-refractivity contribution in [2.45, 2.75) is 30.7 Å². The number of fused-ring (bicyclic) bond motifs is 1. The summed E-state index contributed by atoms with van der Waals surface area (Å²) in [6, 6.07) is 5.85. The number of aromatic hydroxyl groups is 3. The molecule has 0 saturated carbocycles. The first kappa shape index (κ1) is 24.1. The van der Waals surface area contributed by atoms with Crippen LogP contribution in [-0.4, -0.2) is 79.5 Å². The number of phenolic OH excluding ortho intramolecular Hbond substituents is 2. The summed E-state index contributed by atoms with van der Waals surface area (Å²) in [4.78, 5) is 24.4. The molecule has 1 aliphatic rings. The van der Waals surface area contributed by atoms with E-state index >= 15 is 0 Å². The lowest BCUT2D eigenvalue weighted by Crippen LogP contribution is -2.61. The molecule has 1 fully saturated rings. The highest BCUT2D eigenvalue weighted by Crippen LogP contribution is 2.39. The second-order valence-electron chi connectivity index (χ2n) is 7.67. The molecule has 2 aromatic carbocycles. The number of hydrogen-bond acceptors (Lipinski definition) is 12. The average molecular weight is 492 g/mol. The van der Waals surface area contributed by atoms with Gasteiger partial charge in [0.25, 0.3) is 0 Å². The maximum Gasteiger partial charge on any atom is 0.335 e. The molecular weight excluding hydrogens is 472 g/mol. The van der Waals surface area contributed by atoms with E-state index < -0.39 is 64.7 Å². The Kier molecular flexibility index (Phi) is 6.17. The summed E-state index contributed by atoms with van der Waals surface area (Å²) >= 11 is 0. The van der Waals surface area contributed by atoms with Gasteiger partial charge in [0.2, 0.25) is 17.5 Å². The summed E-state index contributed by atoms with van der Waals surface area (Å²) < 4.78 is 21.1. The van der Waals surface area contributed by atoms with Crippen LogP contribution in [0.4, 0.5) is 0 Å². The third-order valence-electron chi connectivity index (χ3n) is 5.42. The number of carboxylic acid groups (broad SMARTS) is 1. The zero-order valence-electron chi connectivity index (χ0n) is 17.9. The molecule has 0 spiro atoms. The first-order valence-corrected chi connectivity index (χ1v) is 10.0. The number of rotatable bonds is 5. The molecule has 186 valence electrons. The van der Waals surface area contributed by atoms with Crippen molar-refractivity contribution in [1.82, 2.24) is 0 Å². The van der Waals surface area contributed by atoms with Crippen molar-refractivity contribution in [3.63, 3.8) is 0 Å². The Balaban J connectivity index is 1.81. The third-order valence-corrected chi connectivity index (χ3v) is 5.42. The number of aliphatic carboxylic acids is 1. The van der Waals surface area contributed by atoms with Crippen molar-refractivity contribution >= 4 is 16.9 Å². The lowest BCUT2D eigenvalue weighted by molar-refractivity contribution is -0.270. The quantitative estimate of drug-likeness (QED) is 0.247. The van der Waals surface area contributed by atoms with Crippen LogP contribution in [0.25, 0.3) is 22.3 Å². The first-order valence-electron chi connectivity index (χ1n) is 10.0. The molecule has 1 saturated heterocycles. The largest absolute Gasteiger partial charge is 0.508 e. The molecule has 0 bridgehead atoms. The van der Waals surface area contributed by atoms with Gasteiger partial charge in [-0.15, -0.1) is 0 Å². The molecule has 7 N–H and O–H groups in total. The molecule has 3 aromatic rings. The van der Waals surface area contributed by atoms with Crippen molar-refractivity contribution in [3.8, 4) is 40.1 Å². The molecule has 1 aromatic heterocycles. The Labute approximate surface area is 195 Å². The van der Waals surface area contributed by atoms with Crippen LogP contribution < -0.4 is 14.9 Å². The van der Waals surface area contributed by atoms with Crippen molar-refractivity contribution in [2.24, 2.45) is 0 Å². The maximum absolute atomic E-state index is 13.0. The van der Waals surface area contributed by atoms with Crippen LogP contribution in [0, 0.1) is 0 Å². The number of aliphatic hydroxyl groups is 3. The molecule has 0 aliphatic carbocycles. The smallest absolute Gasteiger partial charge is 0.335 e. The maximum atomic E-state index is 13.0. The number of aliphatic hydroxyl groups excluding tert-OH is 3. The summed E-state index contributed by atoms with van der Waals surface area (Å²) in [5.74, 6) is -3.97. The summed E-state index contributed by atoms with van der Waals surface area (Å²) in [5, 5.41) is 69.3. The van der Waals surface area contributed by atoms with Crippen LogP contribution in [0.3, 0.4) is 0 Å². The van der Waals surface area contributed by atoms with Crippen LogP contribution in [0.2, 0.25) is 0 Å². The van der Waals surface area contributed by atoms with Crippen LogP contribution in [0.1, 0.15) is 0 Å². The predicted octanol–water partition coefficient (Wildman–Crippen LogP) is -0.144. The van der Waals surface area contributed by atoms with Gasteiger partial charge in [-0.1, -0.05) is 0 Å². The predicted molar refractivity (Wildman–Crippen MR) is 114 cm³/mol. The van der Waals surface area contributed by atoms with E-state index in [-0.39, 0.29) is 28.4 Å². The van der Waals surface area contributed by atoms with Crippen molar-refractivity contribution in [2.75, 3.05) is 7.11 Å². The highest BCUT2D eigenvalue weighted by molar-refractivity contribution is 5.88. The fourth-order valence-electron chi connectivity index (χ4n) is 3.64. The number of methoxy groups -OCH3 is 1. The molecule has 13 heteroatoms. The average Bonchev–Trinajstić information content (AvgIpc) is 2.81. The standard InChI is InChI=1S/C22H20O13/c1-32-10-4-7(2-3-9(10)24)19-16(27)14(25)13-11(33-19)5-8(23)6-12(13)34-22-18(29)15(26)17(28)20(35-22)21(30)31/h2-6,15,17-18,20,22-24,26-29H,1H3,(H,30,31)/t15-,17-,18+,20-,22+/m0/s1. The van der Waals surface area contributed by atoms with Crippen LogP contribution in [0.15, 0.2) is 39.5 Å². The minimum Gasteiger partial charge on any atom is -0.508 e. The van der Waals surface area contributed by atoms with E-state index in [0.717, 1.165) is 12.1 Å². The summed E-state index contributed by atoms with van der Waals surface area (Å²) in [6.07, 6.45) is -9.74. The molecular formula is C22H20O13. The Bertz CT molecular complexity index is 1350. The molecule has 13 nitrogen and oxygen atoms in total. The lowest BCUT2D eigenvalue weighted by atomic mass is 9.99. The number of benzene rings is 2. The zero-order chi connectivity index (χ0) is 25.6. The van der Waals surface area contributed by atoms with Crippen molar-refractivity contribution < 1.29 is 59.2 Å². The van der Waals surface area contributed by atoms with Crippen molar-refractivity contribution in [3.05, 3.63) is 40.6 Å². The Morgan fingerprint density at radius 3 is 2.34 bits per heavy atom. The second-order valence-corrected chi connectivity index (χ2v) is 7.67. The summed E-state index contributed by atoms with van der Waals surface area (Å²) in [7, 11) is 1.30. The van der Waals surface area contributed by atoms with Gasteiger partial charge in [-0.05, 0) is 18.2 Å². The SMILES string of the molecule is COc1cc(-c2oc3cc(O)cc(O[C@@H]4O[C@H](C(=O)O)[C@@H](O)[C@H](O)[C@H]4O)c3c(=O)c2O)ccc1O. The lowest BCUT2D eigenvalue weighted by Gasteiger charge is -2.38. The number of carboxylic acids is 1. The van der Waals surface area contributed by atoms with E-state index in [1.54, 1.807) is 0 Å². The van der Waals surface area contributed by atoms with Gasteiger partial charge in [0.05, 0.1) is 7.11 Å². The first-order chi connectivity index (χ1) is 16.5. The highest BCUT2D eigenvalue weighted by atomic mass is 16.7. The second kappa shape index (κ2) is 8.96. The number of ether oxygens (including phenoxy) is 3. The van der Waals surface area contributed by atoms with E-state index in [9.17, 15) is 45.3 Å². The summed E-state index contributed by atoms with van der Waals surface area (Å²) in [5.41, 5.74) is -1.15. The number of phenols is 2. The monoisotopic (exact) mass is 492 g/mol. The van der Waals surface area contributed by atoms with Gasteiger partial charge >= 0.3 is 5.97 Å². The molecule has 0 radical (unpaired) electrons. The number of carbonyl (C=O) groups is 1. The minimum absolute atomic E-state index is 0.0294. The van der Waals surface area contributed by atoms with E-state index in [1.807, 2.05) is 0 Å². The third kappa shape index (κ3) is 4.17. The molecule has 2 heterocycles. The van der Waals surface area contributed by atoms with Gasteiger partial charge in [0.15, 0.2) is 23.4 Å². The van der Waals surface area contributed by atoms with E-state index in [4.69, 9.17) is 18.6 Å². The molecule has 5 atom stereocenters. The Hall–Kier alpha value is -4.04. The van der Waals surface area contributed by atoms with Gasteiger partial charge in [-0.25, -0.2) is 4.79 Å².